The number of carbonyl (C=O) groups is 3. The first-order valence-electron chi connectivity index (χ1n) is 33.3. The highest BCUT2D eigenvalue weighted by atomic mass is 16.6. The van der Waals surface area contributed by atoms with Gasteiger partial charge in [-0.25, -0.2) is 0 Å². The van der Waals surface area contributed by atoms with Gasteiger partial charge >= 0.3 is 17.9 Å². The summed E-state index contributed by atoms with van der Waals surface area (Å²) in [4.78, 5) is 38.4. The summed E-state index contributed by atoms with van der Waals surface area (Å²) < 4.78 is 17.0. The molecule has 0 aromatic heterocycles. The molecule has 0 aromatic carbocycles. The van der Waals surface area contributed by atoms with Crippen LogP contribution in [0.1, 0.15) is 374 Å². The zero-order valence-electron chi connectivity index (χ0n) is 50.1. The Bertz CT molecular complexity index is 1190. The Hall–Kier alpha value is -2.11. The maximum absolute atomic E-state index is 12.9. The molecule has 0 bridgehead atoms. The summed E-state index contributed by atoms with van der Waals surface area (Å²) in [5.41, 5.74) is 0. The van der Waals surface area contributed by atoms with Gasteiger partial charge in [0, 0.05) is 19.3 Å². The number of esters is 3. The third-order valence-electron chi connectivity index (χ3n) is 15.2. The largest absolute Gasteiger partial charge is 0.462 e. The summed E-state index contributed by atoms with van der Waals surface area (Å²) in [7, 11) is 0. The molecule has 0 N–H and O–H groups in total. The molecule has 0 aliphatic rings. The highest BCUT2D eigenvalue weighted by Gasteiger charge is 2.19. The molecular formula is C68H128O6. The molecule has 0 saturated heterocycles. The van der Waals surface area contributed by atoms with Crippen LogP contribution in [0.25, 0.3) is 0 Å². The lowest BCUT2D eigenvalue weighted by atomic mass is 10.0. The van der Waals surface area contributed by atoms with E-state index in [1.54, 1.807) is 0 Å². The minimum absolute atomic E-state index is 0.0673. The summed E-state index contributed by atoms with van der Waals surface area (Å²) in [5, 5.41) is 0. The van der Waals surface area contributed by atoms with E-state index in [9.17, 15) is 14.4 Å². The first kappa shape index (κ1) is 71.9. The smallest absolute Gasteiger partial charge is 0.306 e. The van der Waals surface area contributed by atoms with Gasteiger partial charge in [-0.05, 0) is 51.4 Å². The maximum Gasteiger partial charge on any atom is 0.306 e. The third kappa shape index (κ3) is 60.8. The van der Waals surface area contributed by atoms with Crippen molar-refractivity contribution < 1.29 is 28.6 Å². The quantitative estimate of drug-likeness (QED) is 0.0261. The molecule has 6 heteroatoms. The van der Waals surface area contributed by atoms with Crippen LogP contribution < -0.4 is 0 Å². The van der Waals surface area contributed by atoms with Crippen LogP contribution in [0, 0.1) is 0 Å². The molecule has 0 rings (SSSR count). The summed E-state index contributed by atoms with van der Waals surface area (Å²) in [5.74, 6) is -0.844. The number of hydrogen-bond donors (Lipinski definition) is 0. The molecule has 1 atom stereocenters. The van der Waals surface area contributed by atoms with E-state index in [1.807, 2.05) is 0 Å². The van der Waals surface area contributed by atoms with Crippen molar-refractivity contribution in [3.8, 4) is 0 Å². The monoisotopic (exact) mass is 1040 g/mol. The molecule has 0 amide bonds. The van der Waals surface area contributed by atoms with E-state index in [0.29, 0.717) is 19.3 Å². The molecular weight excluding hydrogens is 913 g/mol. The lowest BCUT2D eigenvalue weighted by Crippen LogP contribution is -2.30. The standard InChI is InChI=1S/C68H128O6/c1-4-7-10-13-16-19-22-25-28-31-33-34-35-38-40-43-46-49-52-55-58-61-67(70)73-64-65(63-72-66(69)60-57-54-51-48-45-42-39-36-30-27-24-21-18-15-12-9-6-3)74-68(71)62-59-56-53-50-47-44-41-37-32-29-26-23-20-17-14-11-8-5-2/h18,21,27,30,65H,4-17,19-20,22-26,28-29,31-64H2,1-3H3/b21-18-,30-27-. The van der Waals surface area contributed by atoms with Gasteiger partial charge in [0.05, 0.1) is 0 Å². The summed E-state index contributed by atoms with van der Waals surface area (Å²) in [6.07, 6.45) is 76.1. The fraction of sp³-hybridized carbons (Fsp3) is 0.897. The molecule has 0 aliphatic heterocycles. The first-order chi connectivity index (χ1) is 36.5. The SMILES string of the molecule is CCCCC/C=C\C/C=C\CCCCCCCCCC(=O)OCC(COC(=O)CCCCCCCCCCCCCCCCCCCCCCC)OC(=O)CCCCCCCCCCCCCCCCCCCC. The van der Waals surface area contributed by atoms with Gasteiger partial charge < -0.3 is 14.2 Å². The molecule has 74 heavy (non-hydrogen) atoms. The Kier molecular flexibility index (Phi) is 61.6. The topological polar surface area (TPSA) is 78.9 Å². The second-order valence-corrected chi connectivity index (χ2v) is 22.7. The fourth-order valence-electron chi connectivity index (χ4n) is 10.2. The van der Waals surface area contributed by atoms with Crippen molar-refractivity contribution in [3.05, 3.63) is 24.3 Å². The second-order valence-electron chi connectivity index (χ2n) is 22.7. The van der Waals surface area contributed by atoms with Gasteiger partial charge in [0.25, 0.3) is 0 Å². The number of hydrogen-bond acceptors (Lipinski definition) is 6. The molecule has 0 aliphatic carbocycles. The molecule has 6 nitrogen and oxygen atoms in total. The molecule has 0 radical (unpaired) electrons. The van der Waals surface area contributed by atoms with Crippen molar-refractivity contribution in [1.29, 1.82) is 0 Å². The number of ether oxygens (including phenoxy) is 3. The van der Waals surface area contributed by atoms with Crippen LogP contribution in [0.15, 0.2) is 24.3 Å². The average Bonchev–Trinajstić information content (AvgIpc) is 3.40. The van der Waals surface area contributed by atoms with Crippen LogP contribution in [-0.2, 0) is 28.6 Å². The highest BCUT2D eigenvalue weighted by Crippen LogP contribution is 2.18. The highest BCUT2D eigenvalue weighted by molar-refractivity contribution is 5.71. The van der Waals surface area contributed by atoms with Crippen molar-refractivity contribution in [2.24, 2.45) is 0 Å². The van der Waals surface area contributed by atoms with E-state index >= 15 is 0 Å². The van der Waals surface area contributed by atoms with Gasteiger partial charge in [-0.1, -0.05) is 328 Å². The van der Waals surface area contributed by atoms with Crippen LogP contribution >= 0.6 is 0 Å². The van der Waals surface area contributed by atoms with Crippen molar-refractivity contribution in [2.75, 3.05) is 13.2 Å². The van der Waals surface area contributed by atoms with Gasteiger partial charge in [0.2, 0.25) is 0 Å². The van der Waals surface area contributed by atoms with Gasteiger partial charge in [-0.15, -0.1) is 0 Å². The van der Waals surface area contributed by atoms with E-state index in [0.717, 1.165) is 70.6 Å². The summed E-state index contributed by atoms with van der Waals surface area (Å²) >= 11 is 0. The van der Waals surface area contributed by atoms with Gasteiger partial charge in [0.1, 0.15) is 13.2 Å². The molecule has 0 heterocycles. The number of carbonyl (C=O) groups excluding carboxylic acids is 3. The van der Waals surface area contributed by atoms with E-state index in [2.05, 4.69) is 45.1 Å². The predicted octanol–water partition coefficient (Wildman–Crippen LogP) is 22.6. The third-order valence-corrected chi connectivity index (χ3v) is 15.2. The lowest BCUT2D eigenvalue weighted by molar-refractivity contribution is -0.167. The number of unbranched alkanes of at least 4 members (excludes halogenated alkanes) is 47. The summed E-state index contributed by atoms with van der Waals surface area (Å²) in [6, 6.07) is 0. The van der Waals surface area contributed by atoms with Gasteiger partial charge in [-0.2, -0.15) is 0 Å². The van der Waals surface area contributed by atoms with Crippen molar-refractivity contribution in [3.63, 3.8) is 0 Å². The van der Waals surface area contributed by atoms with Gasteiger partial charge in [-0.3, -0.25) is 14.4 Å². The minimum atomic E-state index is -0.771. The Balaban J connectivity index is 4.30. The normalized spacial score (nSPS) is 12.1. The van der Waals surface area contributed by atoms with Gasteiger partial charge in [0.15, 0.2) is 6.10 Å². The predicted molar refractivity (Wildman–Crippen MR) is 321 cm³/mol. The van der Waals surface area contributed by atoms with Crippen LogP contribution in [-0.4, -0.2) is 37.2 Å². The zero-order chi connectivity index (χ0) is 53.6. The Morgan fingerprint density at radius 2 is 0.486 bits per heavy atom. The van der Waals surface area contributed by atoms with E-state index in [4.69, 9.17) is 14.2 Å². The van der Waals surface area contributed by atoms with Crippen molar-refractivity contribution in [1.82, 2.24) is 0 Å². The molecule has 0 aromatic rings. The lowest BCUT2D eigenvalue weighted by Gasteiger charge is -2.18. The molecule has 0 fully saturated rings. The Labute approximate surface area is 462 Å². The summed E-state index contributed by atoms with van der Waals surface area (Å²) in [6.45, 7) is 6.69. The molecule has 0 saturated carbocycles. The molecule has 0 spiro atoms. The van der Waals surface area contributed by atoms with E-state index in [1.165, 1.54) is 263 Å². The van der Waals surface area contributed by atoms with Crippen LogP contribution in [0.5, 0.6) is 0 Å². The van der Waals surface area contributed by atoms with Crippen LogP contribution in [0.2, 0.25) is 0 Å². The van der Waals surface area contributed by atoms with E-state index in [-0.39, 0.29) is 31.1 Å². The van der Waals surface area contributed by atoms with Crippen LogP contribution in [0.3, 0.4) is 0 Å². The average molecular weight is 1040 g/mol. The van der Waals surface area contributed by atoms with Crippen molar-refractivity contribution >= 4 is 17.9 Å². The first-order valence-corrected chi connectivity index (χ1v) is 33.3. The number of rotatable bonds is 62. The molecule has 1 unspecified atom stereocenters. The Morgan fingerprint density at radius 1 is 0.270 bits per heavy atom. The van der Waals surface area contributed by atoms with Crippen molar-refractivity contribution in [2.45, 2.75) is 380 Å². The van der Waals surface area contributed by atoms with Crippen LogP contribution in [0.4, 0.5) is 0 Å². The van der Waals surface area contributed by atoms with E-state index < -0.39 is 6.10 Å². The zero-order valence-corrected chi connectivity index (χ0v) is 50.1. The fourth-order valence-corrected chi connectivity index (χ4v) is 10.2. The minimum Gasteiger partial charge on any atom is -0.462 e. The second kappa shape index (κ2) is 63.4. The molecule has 436 valence electrons. The number of allylic oxidation sites excluding steroid dienone is 4. The Morgan fingerprint density at radius 3 is 0.770 bits per heavy atom. The maximum atomic E-state index is 12.9.